The van der Waals surface area contributed by atoms with Gasteiger partial charge in [-0.15, -0.1) is 0 Å². The van der Waals surface area contributed by atoms with Crippen LogP contribution in [-0.4, -0.2) is 13.0 Å². The van der Waals surface area contributed by atoms with Gasteiger partial charge in [0.15, 0.2) is 0 Å². The summed E-state index contributed by atoms with van der Waals surface area (Å²) in [4.78, 5) is -0.238. The summed E-state index contributed by atoms with van der Waals surface area (Å²) in [6, 6.07) is 15.1. The van der Waals surface area contributed by atoms with Gasteiger partial charge in [-0.25, -0.2) is 8.42 Å². The van der Waals surface area contributed by atoms with Crippen molar-refractivity contribution in [3.63, 3.8) is 0 Å². The average molecular weight is 248 g/mol. The number of hydrogen-bond acceptors (Lipinski definition) is 4. The molecule has 0 amide bonds. The third-order valence-electron chi connectivity index (χ3n) is 2.19. The fraction of sp³-hybridized carbons (Fsp3) is 0. The zero-order chi connectivity index (χ0) is 12.3. The Labute approximate surface area is 99.7 Å². The summed E-state index contributed by atoms with van der Waals surface area (Å²) >= 11 is 0. The van der Waals surface area contributed by atoms with Gasteiger partial charge in [-0.3, -0.25) is 0 Å². The van der Waals surface area contributed by atoms with Crippen LogP contribution in [0.3, 0.4) is 0 Å². The van der Waals surface area contributed by atoms with Gasteiger partial charge in [-0.1, -0.05) is 24.3 Å². The Balaban J connectivity index is 2.29. The lowest BCUT2D eigenvalue weighted by molar-refractivity contribution is 0.463. The number of hydrogen-bond donors (Lipinski definition) is 1. The molecule has 0 radical (unpaired) electrons. The predicted molar refractivity (Wildman–Crippen MR) is 64.1 cm³/mol. The van der Waals surface area contributed by atoms with Crippen molar-refractivity contribution in [2.24, 2.45) is 0 Å². The van der Waals surface area contributed by atoms with Crippen LogP contribution in [0.1, 0.15) is 0 Å². The van der Waals surface area contributed by atoms with Gasteiger partial charge in [0.25, 0.3) is 0 Å². The van der Waals surface area contributed by atoms with Crippen molar-refractivity contribution in [1.29, 1.82) is 0 Å². The summed E-state index contributed by atoms with van der Waals surface area (Å²) in [6.07, 6.45) is 0. The Morgan fingerprint density at radius 1 is 0.882 bits per heavy atom. The van der Waals surface area contributed by atoms with Crippen molar-refractivity contribution < 1.29 is 13.0 Å². The lowest BCUT2D eigenvalue weighted by atomic mass is 10.3. The van der Waals surface area contributed by atoms with E-state index in [2.05, 4.69) is 5.32 Å². The molecule has 17 heavy (non-hydrogen) atoms. The maximum absolute atomic E-state index is 10.9. The number of benzene rings is 2. The number of anilines is 2. The molecule has 2 aromatic carbocycles. The molecule has 88 valence electrons. The highest BCUT2D eigenvalue weighted by molar-refractivity contribution is 7.85. The Kier molecular flexibility index (Phi) is 3.12. The van der Waals surface area contributed by atoms with E-state index >= 15 is 0 Å². The second kappa shape index (κ2) is 4.57. The molecule has 5 heteroatoms. The molecular formula is C12H10NO3S-. The van der Waals surface area contributed by atoms with Crippen molar-refractivity contribution in [2.45, 2.75) is 4.90 Å². The van der Waals surface area contributed by atoms with Crippen molar-refractivity contribution in [3.8, 4) is 0 Å². The molecule has 1 N–H and O–H groups in total. The zero-order valence-corrected chi connectivity index (χ0v) is 9.65. The minimum atomic E-state index is -4.41. The van der Waals surface area contributed by atoms with Gasteiger partial charge in [0.1, 0.15) is 10.1 Å². The highest BCUT2D eigenvalue weighted by Crippen LogP contribution is 2.19. The molecule has 0 aliphatic carbocycles. The Morgan fingerprint density at radius 2 is 1.53 bits per heavy atom. The van der Waals surface area contributed by atoms with Crippen LogP contribution >= 0.6 is 0 Å². The van der Waals surface area contributed by atoms with E-state index in [9.17, 15) is 13.0 Å². The lowest BCUT2D eigenvalue weighted by Gasteiger charge is -2.10. The highest BCUT2D eigenvalue weighted by Gasteiger charge is 2.02. The maximum Gasteiger partial charge on any atom is 0.124 e. The normalized spacial score (nSPS) is 11.1. The van der Waals surface area contributed by atoms with Crippen LogP contribution in [0.2, 0.25) is 0 Å². The second-order valence-electron chi connectivity index (χ2n) is 3.47. The van der Waals surface area contributed by atoms with E-state index in [1.165, 1.54) is 18.2 Å². The fourth-order valence-electron chi connectivity index (χ4n) is 1.42. The molecular weight excluding hydrogens is 238 g/mol. The van der Waals surface area contributed by atoms with E-state index < -0.39 is 10.1 Å². The highest BCUT2D eigenvalue weighted by atomic mass is 32.2. The Morgan fingerprint density at radius 3 is 2.18 bits per heavy atom. The van der Waals surface area contributed by atoms with E-state index in [-0.39, 0.29) is 4.90 Å². The van der Waals surface area contributed by atoms with Gasteiger partial charge in [-0.05, 0) is 30.3 Å². The van der Waals surface area contributed by atoms with Crippen LogP contribution in [-0.2, 0) is 10.1 Å². The maximum atomic E-state index is 10.9. The van der Waals surface area contributed by atoms with Crippen LogP contribution in [0.5, 0.6) is 0 Å². The van der Waals surface area contributed by atoms with E-state index in [1.807, 2.05) is 30.3 Å². The Bertz CT molecular complexity index is 609. The molecule has 0 aliphatic rings. The van der Waals surface area contributed by atoms with Crippen molar-refractivity contribution in [1.82, 2.24) is 0 Å². The largest absolute Gasteiger partial charge is 0.744 e. The van der Waals surface area contributed by atoms with Gasteiger partial charge in [0.05, 0.1) is 4.90 Å². The van der Waals surface area contributed by atoms with Crippen molar-refractivity contribution >= 4 is 21.5 Å². The molecule has 2 rings (SSSR count). The quantitative estimate of drug-likeness (QED) is 0.846. The zero-order valence-electron chi connectivity index (χ0n) is 8.83. The molecule has 0 unspecified atom stereocenters. The molecule has 4 nitrogen and oxygen atoms in total. The number of rotatable bonds is 3. The van der Waals surface area contributed by atoms with Crippen LogP contribution in [0.15, 0.2) is 59.5 Å². The van der Waals surface area contributed by atoms with Gasteiger partial charge >= 0.3 is 0 Å². The second-order valence-corrected chi connectivity index (χ2v) is 4.85. The summed E-state index contributed by atoms with van der Waals surface area (Å²) in [5.74, 6) is 0. The van der Waals surface area contributed by atoms with E-state index in [0.717, 1.165) is 5.69 Å². The van der Waals surface area contributed by atoms with E-state index in [4.69, 9.17) is 0 Å². The standard InChI is InChI=1S/C12H11NO3S/c14-17(15,16)12-8-4-7-11(9-12)13-10-5-2-1-3-6-10/h1-9,13H,(H,14,15,16)/p-1. The summed E-state index contributed by atoms with van der Waals surface area (Å²) in [7, 11) is -4.41. The third kappa shape index (κ3) is 3.05. The number of para-hydroxylation sites is 1. The summed E-state index contributed by atoms with van der Waals surface area (Å²) in [5, 5.41) is 3.01. The summed E-state index contributed by atoms with van der Waals surface area (Å²) in [6.45, 7) is 0. The Hall–Kier alpha value is -1.85. The molecule has 0 saturated carbocycles. The van der Waals surface area contributed by atoms with Crippen molar-refractivity contribution in [2.75, 3.05) is 5.32 Å². The van der Waals surface area contributed by atoms with E-state index in [0.29, 0.717) is 5.69 Å². The fourth-order valence-corrected chi connectivity index (χ4v) is 1.93. The van der Waals surface area contributed by atoms with Gasteiger partial charge < -0.3 is 9.87 Å². The molecule has 0 spiro atoms. The SMILES string of the molecule is O=S(=O)([O-])c1cccc(Nc2ccccc2)c1. The first-order chi connectivity index (χ1) is 8.05. The minimum absolute atomic E-state index is 0.238. The molecule has 0 saturated heterocycles. The van der Waals surface area contributed by atoms with Crippen molar-refractivity contribution in [3.05, 3.63) is 54.6 Å². The molecule has 0 fully saturated rings. The first-order valence-corrected chi connectivity index (χ1v) is 6.34. The lowest BCUT2D eigenvalue weighted by Crippen LogP contribution is -1.99. The topological polar surface area (TPSA) is 69.2 Å². The molecule has 0 aliphatic heterocycles. The molecule has 0 heterocycles. The minimum Gasteiger partial charge on any atom is -0.744 e. The number of nitrogens with one attached hydrogen (secondary N) is 1. The monoisotopic (exact) mass is 248 g/mol. The summed E-state index contributed by atoms with van der Waals surface area (Å²) < 4.78 is 32.6. The van der Waals surface area contributed by atoms with E-state index in [1.54, 1.807) is 6.07 Å². The first-order valence-electron chi connectivity index (χ1n) is 4.94. The van der Waals surface area contributed by atoms with Gasteiger partial charge in [-0.2, -0.15) is 0 Å². The average Bonchev–Trinajstić information content (AvgIpc) is 2.29. The van der Waals surface area contributed by atoms with Crippen LogP contribution in [0.4, 0.5) is 11.4 Å². The van der Waals surface area contributed by atoms with Crippen LogP contribution in [0.25, 0.3) is 0 Å². The van der Waals surface area contributed by atoms with Gasteiger partial charge in [0.2, 0.25) is 0 Å². The molecule has 2 aromatic rings. The summed E-state index contributed by atoms with van der Waals surface area (Å²) in [5.41, 5.74) is 1.39. The van der Waals surface area contributed by atoms with Crippen LogP contribution in [0, 0.1) is 0 Å². The first kappa shape index (κ1) is 11.6. The predicted octanol–water partition coefficient (Wildman–Crippen LogP) is 2.33. The smallest absolute Gasteiger partial charge is 0.124 e. The molecule has 0 bridgehead atoms. The molecule has 0 aromatic heterocycles. The van der Waals surface area contributed by atoms with Crippen LogP contribution < -0.4 is 5.32 Å². The van der Waals surface area contributed by atoms with Gasteiger partial charge in [0, 0.05) is 11.4 Å². The third-order valence-corrected chi connectivity index (χ3v) is 3.02. The molecule has 0 atom stereocenters.